The number of ketones is 4. The first-order chi connectivity index (χ1) is 21.8. The summed E-state index contributed by atoms with van der Waals surface area (Å²) in [5, 5.41) is 0. The Labute approximate surface area is 298 Å². The Kier molecular flexibility index (Phi) is 17.0. The van der Waals surface area contributed by atoms with Crippen molar-refractivity contribution < 1.29 is 19.2 Å². The maximum atomic E-state index is 11.4. The van der Waals surface area contributed by atoms with E-state index in [-0.39, 0.29) is 21.7 Å². The maximum absolute atomic E-state index is 11.4. The molecule has 48 heavy (non-hydrogen) atoms. The van der Waals surface area contributed by atoms with Crippen LogP contribution in [0, 0.1) is 69.0 Å². The number of hydrogen-bond acceptors (Lipinski definition) is 4. The van der Waals surface area contributed by atoms with Crippen molar-refractivity contribution in [2.75, 3.05) is 0 Å². The van der Waals surface area contributed by atoms with Gasteiger partial charge in [-0.2, -0.15) is 0 Å². The number of hydrogen-bond donors (Lipinski definition) is 0. The van der Waals surface area contributed by atoms with Gasteiger partial charge in [0.25, 0.3) is 0 Å². The first-order valence-electron chi connectivity index (χ1n) is 19.8. The average Bonchev–Trinajstić information content (AvgIpc) is 2.86. The molecule has 4 fully saturated rings. The second-order valence-electron chi connectivity index (χ2n) is 19.8. The van der Waals surface area contributed by atoms with Gasteiger partial charge in [0.05, 0.1) is 0 Å². The molecule has 4 nitrogen and oxygen atoms in total. The molecule has 0 bridgehead atoms. The Morgan fingerprint density at radius 1 is 0.354 bits per heavy atom. The largest absolute Gasteiger partial charge is 0.300 e. The Morgan fingerprint density at radius 3 is 0.583 bits per heavy atom. The summed E-state index contributed by atoms with van der Waals surface area (Å²) in [7, 11) is 0. The number of carbonyl (C=O) groups is 4. The minimum absolute atomic E-state index is 0.240. The summed E-state index contributed by atoms with van der Waals surface area (Å²) in [6.07, 6.45) is 14.9. The molecule has 0 N–H and O–H groups in total. The fourth-order valence-electron chi connectivity index (χ4n) is 11.7. The Hall–Kier alpha value is -1.32. The summed E-state index contributed by atoms with van der Waals surface area (Å²) in [4.78, 5) is 45.7. The highest BCUT2D eigenvalue weighted by Crippen LogP contribution is 2.46. The molecule has 0 heterocycles. The predicted molar refractivity (Wildman–Crippen MR) is 204 cm³/mol. The molecule has 0 radical (unpaired) electrons. The van der Waals surface area contributed by atoms with Gasteiger partial charge < -0.3 is 0 Å². The zero-order valence-electron chi connectivity index (χ0n) is 34.7. The van der Waals surface area contributed by atoms with Crippen molar-refractivity contribution >= 4 is 23.1 Å². The molecule has 4 saturated carbocycles. The fraction of sp³-hybridized carbons (Fsp3) is 0.909. The lowest BCUT2D eigenvalue weighted by molar-refractivity contribution is -0.129. The van der Waals surface area contributed by atoms with E-state index in [1.54, 1.807) is 27.7 Å². The second-order valence-corrected chi connectivity index (χ2v) is 19.8. The SMILES string of the molecule is CC(=O)C1[C@@H](C)CCCC1(C)C.CC(=O)C1[C@H](C)CCCC1(C)C.CC(=O)[C@@H]1[C@@H](C)CCCC1(C)C.CC(=O)[C@H]1[C@H](C)CCCC1(C)C. The Balaban J connectivity index is 0.000000320. The van der Waals surface area contributed by atoms with E-state index < -0.39 is 0 Å². The highest BCUT2D eigenvalue weighted by molar-refractivity contribution is 5.80. The molecule has 4 aliphatic carbocycles. The van der Waals surface area contributed by atoms with Crippen molar-refractivity contribution in [1.82, 2.24) is 0 Å². The van der Waals surface area contributed by atoms with Crippen LogP contribution < -0.4 is 0 Å². The third-order valence-corrected chi connectivity index (χ3v) is 13.3. The summed E-state index contributed by atoms with van der Waals surface area (Å²) in [6.45, 7) is 33.7. The molecule has 4 heteroatoms. The molecule has 4 rings (SSSR count). The summed E-state index contributed by atoms with van der Waals surface area (Å²) < 4.78 is 0. The van der Waals surface area contributed by atoms with Crippen LogP contribution >= 0.6 is 0 Å². The van der Waals surface area contributed by atoms with Gasteiger partial charge in [-0.25, -0.2) is 0 Å². The minimum atomic E-state index is 0.240. The topological polar surface area (TPSA) is 68.3 Å². The fourth-order valence-corrected chi connectivity index (χ4v) is 11.7. The summed E-state index contributed by atoms with van der Waals surface area (Å²) in [6, 6.07) is 0. The minimum Gasteiger partial charge on any atom is -0.300 e. The molecule has 0 saturated heterocycles. The van der Waals surface area contributed by atoms with Crippen LogP contribution in [-0.4, -0.2) is 23.1 Å². The van der Waals surface area contributed by atoms with E-state index in [0.29, 0.717) is 70.5 Å². The number of Topliss-reactive ketones (excluding diaryl/α,β-unsaturated/α-hetero) is 4. The molecular weight excluding hydrogens is 592 g/mol. The lowest BCUT2D eigenvalue weighted by Gasteiger charge is -2.41. The molecular formula is C44H80O4. The first kappa shape index (κ1) is 44.7. The average molecular weight is 673 g/mol. The molecule has 280 valence electrons. The van der Waals surface area contributed by atoms with E-state index in [0.717, 1.165) is 0 Å². The van der Waals surface area contributed by atoms with Crippen LogP contribution in [0.3, 0.4) is 0 Å². The molecule has 0 aromatic rings. The van der Waals surface area contributed by atoms with Crippen LogP contribution in [-0.2, 0) is 19.2 Å². The van der Waals surface area contributed by atoms with Crippen molar-refractivity contribution in [1.29, 1.82) is 0 Å². The highest BCUT2D eigenvalue weighted by Gasteiger charge is 2.42. The van der Waals surface area contributed by atoms with Crippen LogP contribution in [0.5, 0.6) is 0 Å². The summed E-state index contributed by atoms with van der Waals surface area (Å²) >= 11 is 0. The van der Waals surface area contributed by atoms with Gasteiger partial charge in [0.1, 0.15) is 23.1 Å². The van der Waals surface area contributed by atoms with Gasteiger partial charge >= 0.3 is 0 Å². The van der Waals surface area contributed by atoms with Gasteiger partial charge in [-0.3, -0.25) is 19.2 Å². The predicted octanol–water partition coefficient (Wildman–Crippen LogP) is 12.2. The van der Waals surface area contributed by atoms with Gasteiger partial charge in [0.15, 0.2) is 0 Å². The van der Waals surface area contributed by atoms with Crippen LogP contribution in [0.2, 0.25) is 0 Å². The lowest BCUT2D eigenvalue weighted by atomic mass is 9.63. The summed E-state index contributed by atoms with van der Waals surface area (Å²) in [5.74, 6) is 5.07. The molecule has 4 aliphatic rings. The number of carbonyl (C=O) groups excluding carboxylic acids is 4. The van der Waals surface area contributed by atoms with Gasteiger partial charge in [0.2, 0.25) is 0 Å². The van der Waals surface area contributed by atoms with Crippen LogP contribution in [0.15, 0.2) is 0 Å². The zero-order valence-corrected chi connectivity index (χ0v) is 34.7. The lowest BCUT2D eigenvalue weighted by Crippen LogP contribution is -2.38. The van der Waals surface area contributed by atoms with Crippen LogP contribution in [0.4, 0.5) is 0 Å². The summed E-state index contributed by atoms with van der Waals surface area (Å²) in [5.41, 5.74) is 0.958. The van der Waals surface area contributed by atoms with E-state index in [1.807, 2.05) is 0 Å². The standard InChI is InChI=1S/4C11H20O/c4*1-8-6-5-7-11(3,4)10(8)9(2)12/h4*8,10H,5-7H2,1-4H3/t2*8-,10?;2*8-,10-/m1010/s1. The Morgan fingerprint density at radius 2 is 0.500 bits per heavy atom. The third kappa shape index (κ3) is 12.5. The molecule has 0 aromatic carbocycles. The van der Waals surface area contributed by atoms with Gasteiger partial charge in [-0.05, 0) is 124 Å². The van der Waals surface area contributed by atoms with Gasteiger partial charge in [0, 0.05) is 23.7 Å². The molecule has 8 atom stereocenters. The van der Waals surface area contributed by atoms with Crippen molar-refractivity contribution in [3.63, 3.8) is 0 Å². The van der Waals surface area contributed by atoms with E-state index in [4.69, 9.17) is 0 Å². The first-order valence-corrected chi connectivity index (χ1v) is 19.8. The van der Waals surface area contributed by atoms with Crippen molar-refractivity contribution in [3.8, 4) is 0 Å². The quantitative estimate of drug-likeness (QED) is 0.298. The Bertz CT molecular complexity index is 894. The highest BCUT2D eigenvalue weighted by atomic mass is 16.1. The smallest absolute Gasteiger partial charge is 0.133 e. The van der Waals surface area contributed by atoms with E-state index in [1.165, 1.54) is 77.0 Å². The van der Waals surface area contributed by atoms with Gasteiger partial charge in [-0.1, -0.05) is 109 Å². The molecule has 0 spiro atoms. The molecule has 0 amide bonds. The molecule has 0 aliphatic heterocycles. The third-order valence-electron chi connectivity index (χ3n) is 13.3. The number of rotatable bonds is 4. The van der Waals surface area contributed by atoms with E-state index in [2.05, 4.69) is 83.1 Å². The monoisotopic (exact) mass is 673 g/mol. The van der Waals surface area contributed by atoms with Crippen LogP contribution in [0.1, 0.15) is 188 Å². The van der Waals surface area contributed by atoms with E-state index >= 15 is 0 Å². The molecule has 2 unspecified atom stereocenters. The zero-order chi connectivity index (χ0) is 37.4. The normalized spacial score (nSPS) is 34.7. The second kappa shape index (κ2) is 18.3. The van der Waals surface area contributed by atoms with E-state index in [9.17, 15) is 19.2 Å². The maximum Gasteiger partial charge on any atom is 0.133 e. The van der Waals surface area contributed by atoms with Crippen molar-refractivity contribution in [2.45, 2.75) is 188 Å². The molecule has 0 aromatic heterocycles. The van der Waals surface area contributed by atoms with Gasteiger partial charge in [-0.15, -0.1) is 0 Å². The van der Waals surface area contributed by atoms with Crippen LogP contribution in [0.25, 0.3) is 0 Å². The van der Waals surface area contributed by atoms with Crippen molar-refractivity contribution in [2.24, 2.45) is 69.0 Å². The van der Waals surface area contributed by atoms with Crippen molar-refractivity contribution in [3.05, 3.63) is 0 Å².